The van der Waals surface area contributed by atoms with Gasteiger partial charge in [0.25, 0.3) is 0 Å². The first-order valence-electron chi connectivity index (χ1n) is 9.90. The van der Waals surface area contributed by atoms with Gasteiger partial charge in [-0.05, 0) is 31.1 Å². The maximum absolute atomic E-state index is 13.8. The molecular weight excluding hydrogens is 344 g/mol. The molecule has 1 heterocycles. The highest BCUT2D eigenvalue weighted by atomic mass is 16.6. The smallest absolute Gasteiger partial charge is 0.315 e. The number of hydrogen-bond acceptors (Lipinski definition) is 5. The largest absolute Gasteiger partial charge is 0.468 e. The first-order chi connectivity index (χ1) is 12.5. The number of hydrogen-bond donors (Lipinski definition) is 1. The minimum atomic E-state index is -1.44. The van der Waals surface area contributed by atoms with Gasteiger partial charge in [-0.1, -0.05) is 39.3 Å². The molecule has 3 fully saturated rings. The summed E-state index contributed by atoms with van der Waals surface area (Å²) < 4.78 is 11.0. The number of ether oxygens (including phenoxy) is 2. The van der Waals surface area contributed by atoms with Crippen molar-refractivity contribution in [2.75, 3.05) is 13.7 Å². The third-order valence-corrected chi connectivity index (χ3v) is 7.89. The first-order valence-corrected chi connectivity index (χ1v) is 9.90. The van der Waals surface area contributed by atoms with Crippen LogP contribution in [0.5, 0.6) is 0 Å². The molecule has 5 atom stereocenters. The van der Waals surface area contributed by atoms with Gasteiger partial charge in [0.15, 0.2) is 11.4 Å². The molecule has 2 saturated carbocycles. The lowest BCUT2D eigenvalue weighted by atomic mass is 9.40. The van der Waals surface area contributed by atoms with Gasteiger partial charge in [0.05, 0.1) is 13.7 Å². The minimum Gasteiger partial charge on any atom is -0.468 e. The van der Waals surface area contributed by atoms with Crippen LogP contribution in [0.4, 0.5) is 0 Å². The monoisotopic (exact) mass is 374 g/mol. The molecule has 4 rings (SSSR count). The standard InChI is InChI=1S/C22H30O5/c1-6-19(4)10-11-22(25)14(12-19)21(13-27-21)16(23)15-18(2,3)8-7-9-20(15,22)17(24)26-5/h6,12,15,25H,1,7-11,13H2,2-5H3/t15-,19-,20-,21?,22+/m0/s1. The number of methoxy groups -OCH3 is 1. The zero-order chi connectivity index (χ0) is 19.9. The second-order valence-corrected chi connectivity index (χ2v) is 9.85. The van der Waals surface area contributed by atoms with E-state index in [2.05, 4.69) is 6.58 Å². The van der Waals surface area contributed by atoms with Crippen molar-refractivity contribution in [3.8, 4) is 0 Å². The van der Waals surface area contributed by atoms with Crippen LogP contribution in [-0.4, -0.2) is 41.8 Å². The third kappa shape index (κ3) is 2.07. The molecule has 5 nitrogen and oxygen atoms in total. The predicted octanol–water partition coefficient (Wildman–Crippen LogP) is 2.97. The molecule has 3 aliphatic carbocycles. The van der Waals surface area contributed by atoms with Gasteiger partial charge in [0, 0.05) is 16.9 Å². The van der Waals surface area contributed by atoms with Crippen molar-refractivity contribution in [1.82, 2.24) is 0 Å². The van der Waals surface area contributed by atoms with Crippen LogP contribution >= 0.6 is 0 Å². The van der Waals surface area contributed by atoms with E-state index in [-0.39, 0.29) is 17.8 Å². The Hall–Kier alpha value is -1.46. The molecule has 1 aliphatic heterocycles. The molecule has 0 aromatic rings. The molecule has 5 heteroatoms. The van der Waals surface area contributed by atoms with E-state index < -0.39 is 33.9 Å². The number of allylic oxidation sites excluding steroid dienone is 2. The Labute approximate surface area is 160 Å². The summed E-state index contributed by atoms with van der Waals surface area (Å²) in [6, 6.07) is 0. The van der Waals surface area contributed by atoms with Gasteiger partial charge in [0.1, 0.15) is 11.0 Å². The van der Waals surface area contributed by atoms with Gasteiger partial charge in [0.2, 0.25) is 0 Å². The molecular formula is C22H30O5. The second-order valence-electron chi connectivity index (χ2n) is 9.85. The van der Waals surface area contributed by atoms with Crippen LogP contribution in [0.3, 0.4) is 0 Å². The molecule has 0 aromatic carbocycles. The number of ketones is 1. The molecule has 0 radical (unpaired) electrons. The van der Waals surface area contributed by atoms with Gasteiger partial charge in [-0.3, -0.25) is 9.59 Å². The van der Waals surface area contributed by atoms with E-state index in [0.717, 1.165) is 12.8 Å². The number of Topliss-reactive ketones (excluding diaryl/α,β-unsaturated/α-hetero) is 1. The summed E-state index contributed by atoms with van der Waals surface area (Å²) in [5.74, 6) is -1.16. The maximum Gasteiger partial charge on any atom is 0.315 e. The van der Waals surface area contributed by atoms with Crippen LogP contribution in [-0.2, 0) is 19.1 Å². The zero-order valence-electron chi connectivity index (χ0n) is 16.8. The summed E-state index contributed by atoms with van der Waals surface area (Å²) in [4.78, 5) is 27.0. The first kappa shape index (κ1) is 18.9. The van der Waals surface area contributed by atoms with Crippen molar-refractivity contribution < 1.29 is 24.2 Å². The molecule has 0 bridgehead atoms. The second kappa shape index (κ2) is 5.32. The van der Waals surface area contributed by atoms with E-state index in [1.807, 2.05) is 32.9 Å². The van der Waals surface area contributed by atoms with Crippen molar-refractivity contribution in [2.45, 2.75) is 64.1 Å². The fourth-order valence-corrected chi connectivity index (χ4v) is 6.29. The van der Waals surface area contributed by atoms with Crippen LogP contribution in [0.15, 0.2) is 24.3 Å². The zero-order valence-corrected chi connectivity index (χ0v) is 16.8. The Bertz CT molecular complexity index is 761. The average molecular weight is 374 g/mol. The van der Waals surface area contributed by atoms with Gasteiger partial charge < -0.3 is 14.6 Å². The number of epoxide rings is 1. The highest BCUT2D eigenvalue weighted by molar-refractivity contribution is 6.03. The lowest BCUT2D eigenvalue weighted by molar-refractivity contribution is -0.210. The molecule has 0 aromatic heterocycles. The summed E-state index contributed by atoms with van der Waals surface area (Å²) in [6.07, 6.45) is 6.90. The van der Waals surface area contributed by atoms with Gasteiger partial charge in [-0.15, -0.1) is 6.58 Å². The summed E-state index contributed by atoms with van der Waals surface area (Å²) in [5.41, 5.74) is -3.97. The van der Waals surface area contributed by atoms with Crippen LogP contribution in [0, 0.1) is 22.2 Å². The molecule has 148 valence electrons. The van der Waals surface area contributed by atoms with Crippen LogP contribution < -0.4 is 0 Å². The van der Waals surface area contributed by atoms with Crippen molar-refractivity contribution in [2.24, 2.45) is 22.2 Å². The minimum absolute atomic E-state index is 0.0677. The Kier molecular flexibility index (Phi) is 3.72. The predicted molar refractivity (Wildman–Crippen MR) is 99.8 cm³/mol. The molecule has 0 amide bonds. The van der Waals surface area contributed by atoms with Crippen molar-refractivity contribution >= 4 is 11.8 Å². The number of fused-ring (bicyclic) bond motifs is 4. The SMILES string of the molecule is C=C[C@]1(C)C=C2C3(CO3)C(=O)[C@H]3C(C)(C)CCC[C@]3(C(=O)OC)[C@@]2(O)CC1. The van der Waals surface area contributed by atoms with Crippen molar-refractivity contribution in [3.05, 3.63) is 24.3 Å². The molecule has 1 spiro atoms. The number of aliphatic hydroxyl groups is 1. The number of esters is 1. The van der Waals surface area contributed by atoms with Crippen molar-refractivity contribution in [3.63, 3.8) is 0 Å². The third-order valence-electron chi connectivity index (χ3n) is 7.89. The van der Waals surface area contributed by atoms with E-state index >= 15 is 0 Å². The molecule has 4 aliphatic rings. The van der Waals surface area contributed by atoms with E-state index in [9.17, 15) is 14.7 Å². The van der Waals surface area contributed by atoms with E-state index in [1.54, 1.807) is 0 Å². The Morgan fingerprint density at radius 2 is 1.96 bits per heavy atom. The van der Waals surface area contributed by atoms with E-state index in [1.165, 1.54) is 7.11 Å². The normalized spacial score (nSPS) is 47.5. The van der Waals surface area contributed by atoms with E-state index in [0.29, 0.717) is 24.8 Å². The quantitative estimate of drug-likeness (QED) is 0.457. The summed E-state index contributed by atoms with van der Waals surface area (Å²) in [6.45, 7) is 10.3. The molecule has 1 N–H and O–H groups in total. The molecule has 1 unspecified atom stereocenters. The Morgan fingerprint density at radius 3 is 2.52 bits per heavy atom. The lowest BCUT2D eigenvalue weighted by Crippen LogP contribution is -2.72. The lowest BCUT2D eigenvalue weighted by Gasteiger charge is -2.62. The Morgan fingerprint density at radius 1 is 1.30 bits per heavy atom. The van der Waals surface area contributed by atoms with Crippen LogP contribution in [0.1, 0.15) is 52.9 Å². The number of rotatable bonds is 2. The van der Waals surface area contributed by atoms with Crippen molar-refractivity contribution in [1.29, 1.82) is 0 Å². The van der Waals surface area contributed by atoms with Gasteiger partial charge in [-0.2, -0.15) is 0 Å². The fraction of sp³-hybridized carbons (Fsp3) is 0.727. The summed E-state index contributed by atoms with van der Waals surface area (Å²) in [7, 11) is 1.35. The number of carbonyl (C=O) groups excluding carboxylic acids is 2. The summed E-state index contributed by atoms with van der Waals surface area (Å²) in [5, 5.41) is 12.2. The summed E-state index contributed by atoms with van der Waals surface area (Å²) >= 11 is 0. The molecule has 27 heavy (non-hydrogen) atoms. The van der Waals surface area contributed by atoms with E-state index in [4.69, 9.17) is 9.47 Å². The number of carbonyl (C=O) groups is 2. The van der Waals surface area contributed by atoms with Gasteiger partial charge in [-0.25, -0.2) is 0 Å². The Balaban J connectivity index is 2.02. The average Bonchev–Trinajstić information content (AvgIpc) is 3.42. The fourth-order valence-electron chi connectivity index (χ4n) is 6.29. The van der Waals surface area contributed by atoms with Gasteiger partial charge >= 0.3 is 5.97 Å². The van der Waals surface area contributed by atoms with Crippen LogP contribution in [0.25, 0.3) is 0 Å². The maximum atomic E-state index is 13.8. The van der Waals surface area contributed by atoms with Crippen LogP contribution in [0.2, 0.25) is 0 Å². The highest BCUT2D eigenvalue weighted by Crippen LogP contribution is 2.69. The molecule has 1 saturated heterocycles. The highest BCUT2D eigenvalue weighted by Gasteiger charge is 2.80. The topological polar surface area (TPSA) is 76.1 Å².